The van der Waals surface area contributed by atoms with Gasteiger partial charge in [-0.25, -0.2) is 9.59 Å². The molecule has 0 aromatic carbocycles. The number of carbonyl (C=O) groups is 3. The number of carboxylic acids is 2. The predicted octanol–water partition coefficient (Wildman–Crippen LogP) is 3.03. The number of aliphatic carboxylic acids is 2. The molecular formula is C24H31F6N3O7. The first kappa shape index (κ1) is 33.2. The lowest BCUT2D eigenvalue weighted by atomic mass is 9.84. The monoisotopic (exact) mass is 587 g/mol. The Balaban J connectivity index is 0.000000333. The van der Waals surface area contributed by atoms with Gasteiger partial charge in [-0.3, -0.25) is 14.7 Å². The number of pyridine rings is 1. The third-order valence-electron chi connectivity index (χ3n) is 6.19. The van der Waals surface area contributed by atoms with Crippen LogP contribution in [-0.4, -0.2) is 106 Å². The first-order valence-corrected chi connectivity index (χ1v) is 12.3. The van der Waals surface area contributed by atoms with Crippen LogP contribution in [0.4, 0.5) is 26.3 Å². The Hall–Kier alpha value is -2.98. The van der Waals surface area contributed by atoms with E-state index in [1.54, 1.807) is 0 Å². The van der Waals surface area contributed by atoms with Crippen LogP contribution < -0.4 is 0 Å². The molecule has 0 aliphatic carbocycles. The lowest BCUT2D eigenvalue weighted by Gasteiger charge is -2.53. The van der Waals surface area contributed by atoms with Crippen molar-refractivity contribution in [3.63, 3.8) is 0 Å². The molecule has 16 heteroatoms. The number of likely N-dealkylation sites (tertiary alicyclic amines) is 2. The number of amides is 1. The van der Waals surface area contributed by atoms with E-state index >= 15 is 0 Å². The summed E-state index contributed by atoms with van der Waals surface area (Å²) >= 11 is 0. The quantitative estimate of drug-likeness (QED) is 0.500. The van der Waals surface area contributed by atoms with Crippen LogP contribution in [0, 0.1) is 6.92 Å². The number of carboxylic acid groups (broad SMARTS) is 2. The standard InChI is InChI=1S/C20H29N3O3.2C2HF3O2/c1-16-5-4-6-17(21-16)13-25-18-7-10-26-20(11-18)14-22(15-20)12-19(24)23-8-2-3-9-23;2*3-2(4,5)1(6)7/h4-6,18H,2-3,7-15H2,1H3;2*(H,6,7). The van der Waals surface area contributed by atoms with Crippen molar-refractivity contribution in [3.05, 3.63) is 29.6 Å². The summed E-state index contributed by atoms with van der Waals surface area (Å²) in [4.78, 5) is 38.8. The molecule has 4 rings (SSSR count). The SMILES string of the molecule is Cc1cccc(COC2CCOC3(C2)CN(CC(=O)N2CCCC2)C3)n1.O=C(O)C(F)(F)F.O=C(O)C(F)(F)F. The molecule has 226 valence electrons. The van der Waals surface area contributed by atoms with E-state index in [1.165, 1.54) is 0 Å². The molecule has 1 amide bonds. The van der Waals surface area contributed by atoms with E-state index in [2.05, 4.69) is 9.88 Å². The largest absolute Gasteiger partial charge is 0.490 e. The van der Waals surface area contributed by atoms with E-state index in [0.717, 1.165) is 69.9 Å². The zero-order chi connectivity index (χ0) is 30.1. The average Bonchev–Trinajstić information content (AvgIpc) is 3.37. The molecule has 0 radical (unpaired) electrons. The van der Waals surface area contributed by atoms with Crippen molar-refractivity contribution in [2.24, 2.45) is 0 Å². The molecular weight excluding hydrogens is 556 g/mol. The van der Waals surface area contributed by atoms with Gasteiger partial charge in [-0.2, -0.15) is 26.3 Å². The Labute approximate surface area is 225 Å². The van der Waals surface area contributed by atoms with Gasteiger partial charge in [0.2, 0.25) is 5.91 Å². The van der Waals surface area contributed by atoms with E-state index in [0.29, 0.717) is 13.2 Å². The Kier molecular flexibility index (Phi) is 11.7. The molecule has 3 saturated heterocycles. The Morgan fingerprint density at radius 1 is 1.05 bits per heavy atom. The number of rotatable bonds is 5. The first-order chi connectivity index (χ1) is 18.5. The highest BCUT2D eigenvalue weighted by Gasteiger charge is 2.48. The minimum atomic E-state index is -5.08. The summed E-state index contributed by atoms with van der Waals surface area (Å²) in [6.07, 6.45) is -5.82. The molecule has 1 unspecified atom stereocenters. The van der Waals surface area contributed by atoms with Gasteiger partial charge >= 0.3 is 24.3 Å². The second-order valence-corrected chi connectivity index (χ2v) is 9.57. The van der Waals surface area contributed by atoms with Gasteiger partial charge in [0, 0.05) is 44.9 Å². The average molecular weight is 588 g/mol. The highest BCUT2D eigenvalue weighted by atomic mass is 19.4. The van der Waals surface area contributed by atoms with Crippen molar-refractivity contribution in [1.29, 1.82) is 0 Å². The molecule has 3 fully saturated rings. The third-order valence-corrected chi connectivity index (χ3v) is 6.19. The number of carbonyl (C=O) groups excluding carboxylic acids is 1. The maximum Gasteiger partial charge on any atom is 0.490 e. The Morgan fingerprint density at radius 3 is 2.10 bits per heavy atom. The van der Waals surface area contributed by atoms with Crippen molar-refractivity contribution in [3.8, 4) is 0 Å². The summed E-state index contributed by atoms with van der Waals surface area (Å²) in [5, 5.41) is 14.2. The molecule has 3 aliphatic heterocycles. The number of nitrogens with zero attached hydrogens (tertiary/aromatic N) is 3. The summed E-state index contributed by atoms with van der Waals surface area (Å²) in [6.45, 7) is 7.36. The fourth-order valence-corrected chi connectivity index (χ4v) is 4.37. The lowest BCUT2D eigenvalue weighted by molar-refractivity contribution is -0.199. The molecule has 1 spiro atoms. The normalized spacial score (nSPS) is 20.5. The highest BCUT2D eigenvalue weighted by Crippen LogP contribution is 2.35. The van der Waals surface area contributed by atoms with Crippen LogP contribution in [0.25, 0.3) is 0 Å². The van der Waals surface area contributed by atoms with Crippen LogP contribution in [0.3, 0.4) is 0 Å². The van der Waals surface area contributed by atoms with Crippen LogP contribution in [0.2, 0.25) is 0 Å². The summed E-state index contributed by atoms with van der Waals surface area (Å²) in [5.41, 5.74) is 1.89. The molecule has 2 N–H and O–H groups in total. The Morgan fingerprint density at radius 2 is 1.60 bits per heavy atom. The molecule has 40 heavy (non-hydrogen) atoms. The van der Waals surface area contributed by atoms with Crippen molar-refractivity contribution < 1.29 is 60.4 Å². The van der Waals surface area contributed by atoms with E-state index < -0.39 is 24.3 Å². The molecule has 1 aromatic rings. The van der Waals surface area contributed by atoms with Gasteiger partial charge in [0.1, 0.15) is 0 Å². The predicted molar refractivity (Wildman–Crippen MR) is 125 cm³/mol. The van der Waals surface area contributed by atoms with Crippen LogP contribution >= 0.6 is 0 Å². The fraction of sp³-hybridized carbons (Fsp3) is 0.667. The molecule has 4 heterocycles. The van der Waals surface area contributed by atoms with E-state index in [1.807, 2.05) is 30.0 Å². The van der Waals surface area contributed by atoms with Crippen LogP contribution in [0.5, 0.6) is 0 Å². The number of aryl methyl sites for hydroxylation is 1. The molecule has 1 atom stereocenters. The van der Waals surface area contributed by atoms with E-state index in [9.17, 15) is 31.1 Å². The van der Waals surface area contributed by atoms with E-state index in [-0.39, 0.29) is 17.6 Å². The van der Waals surface area contributed by atoms with Gasteiger partial charge < -0.3 is 24.6 Å². The van der Waals surface area contributed by atoms with Gasteiger partial charge in [-0.1, -0.05) is 6.07 Å². The van der Waals surface area contributed by atoms with Crippen molar-refractivity contribution in [1.82, 2.24) is 14.8 Å². The smallest absolute Gasteiger partial charge is 0.475 e. The zero-order valence-electron chi connectivity index (χ0n) is 21.6. The van der Waals surface area contributed by atoms with Gasteiger partial charge in [0.05, 0.1) is 30.6 Å². The fourth-order valence-electron chi connectivity index (χ4n) is 4.37. The summed E-state index contributed by atoms with van der Waals surface area (Å²) in [7, 11) is 0. The highest BCUT2D eigenvalue weighted by molar-refractivity contribution is 5.78. The van der Waals surface area contributed by atoms with Crippen molar-refractivity contribution >= 4 is 17.8 Å². The molecule has 1 aromatic heterocycles. The number of hydrogen-bond acceptors (Lipinski definition) is 7. The van der Waals surface area contributed by atoms with E-state index in [4.69, 9.17) is 29.3 Å². The number of hydrogen-bond donors (Lipinski definition) is 2. The van der Waals surface area contributed by atoms with Crippen molar-refractivity contribution in [2.75, 3.05) is 39.3 Å². The van der Waals surface area contributed by atoms with Crippen LogP contribution in [-0.2, 0) is 30.5 Å². The minimum absolute atomic E-state index is 0.117. The molecule has 0 saturated carbocycles. The third kappa shape index (κ3) is 10.9. The minimum Gasteiger partial charge on any atom is -0.475 e. The van der Waals surface area contributed by atoms with Gasteiger partial charge in [0.25, 0.3) is 0 Å². The number of aromatic nitrogens is 1. The number of alkyl halides is 6. The maximum absolute atomic E-state index is 12.3. The Bertz CT molecular complexity index is 985. The molecule has 3 aliphatic rings. The summed E-state index contributed by atoms with van der Waals surface area (Å²) in [6, 6.07) is 6.03. The van der Waals surface area contributed by atoms with Gasteiger partial charge in [-0.15, -0.1) is 0 Å². The summed E-state index contributed by atoms with van der Waals surface area (Å²) < 4.78 is 75.7. The molecule has 10 nitrogen and oxygen atoms in total. The zero-order valence-corrected chi connectivity index (χ0v) is 21.6. The van der Waals surface area contributed by atoms with Crippen molar-refractivity contribution in [2.45, 2.75) is 63.3 Å². The second-order valence-electron chi connectivity index (χ2n) is 9.57. The summed E-state index contributed by atoms with van der Waals surface area (Å²) in [5.74, 6) is -5.24. The van der Waals surface area contributed by atoms with Crippen LogP contribution in [0.1, 0.15) is 37.1 Å². The lowest BCUT2D eigenvalue weighted by Crippen LogP contribution is -2.67. The molecule has 0 bridgehead atoms. The van der Waals surface area contributed by atoms with Gasteiger partial charge in [-0.05, 0) is 38.3 Å². The van der Waals surface area contributed by atoms with Crippen LogP contribution in [0.15, 0.2) is 18.2 Å². The topological polar surface area (TPSA) is 130 Å². The number of halogens is 6. The maximum atomic E-state index is 12.3. The number of ether oxygens (including phenoxy) is 2. The van der Waals surface area contributed by atoms with Gasteiger partial charge in [0.15, 0.2) is 0 Å². The first-order valence-electron chi connectivity index (χ1n) is 12.3. The second kappa shape index (κ2) is 14.1.